The van der Waals surface area contributed by atoms with Crippen LogP contribution in [0.1, 0.15) is 0 Å². The third kappa shape index (κ3) is 5.15. The van der Waals surface area contributed by atoms with Crippen molar-refractivity contribution in [3.63, 3.8) is 0 Å². The number of benzene rings is 8. The van der Waals surface area contributed by atoms with Crippen molar-refractivity contribution in [3.05, 3.63) is 176 Å². The van der Waals surface area contributed by atoms with E-state index in [0.717, 1.165) is 55.1 Å². The van der Waals surface area contributed by atoms with Crippen molar-refractivity contribution in [2.45, 2.75) is 0 Å². The molecule has 0 saturated carbocycles. The van der Waals surface area contributed by atoms with Crippen molar-refractivity contribution in [2.75, 3.05) is 0 Å². The molecule has 266 valence electrons. The predicted octanol–water partition coefficient (Wildman–Crippen LogP) is 14.8. The largest absolute Gasteiger partial charge is 0.455 e. The van der Waals surface area contributed by atoms with Gasteiger partial charge in [-0.15, -0.1) is 22.7 Å². The van der Waals surface area contributed by atoms with E-state index in [9.17, 15) is 0 Å². The Bertz CT molecular complexity index is 3470. The van der Waals surface area contributed by atoms with Gasteiger partial charge in [0.15, 0.2) is 17.5 Å². The Morgan fingerprint density at radius 2 is 0.930 bits per heavy atom. The lowest BCUT2D eigenvalue weighted by molar-refractivity contribution is 0.670. The van der Waals surface area contributed by atoms with Gasteiger partial charge in [0, 0.05) is 78.9 Å². The van der Waals surface area contributed by atoms with Crippen molar-refractivity contribution in [2.24, 2.45) is 0 Å². The average molecular weight is 764 g/mol. The van der Waals surface area contributed by atoms with Crippen LogP contribution < -0.4 is 0 Å². The highest BCUT2D eigenvalue weighted by Gasteiger charge is 2.22. The molecule has 4 aromatic heterocycles. The highest BCUT2D eigenvalue weighted by Crippen LogP contribution is 2.49. The van der Waals surface area contributed by atoms with Crippen LogP contribution in [0.3, 0.4) is 0 Å². The molecule has 0 fully saturated rings. The van der Waals surface area contributed by atoms with E-state index in [0.29, 0.717) is 17.5 Å². The second-order valence-corrected chi connectivity index (χ2v) is 16.4. The first-order valence-corrected chi connectivity index (χ1v) is 20.6. The Balaban J connectivity index is 1.11. The fourth-order valence-corrected chi connectivity index (χ4v) is 10.8. The topological polar surface area (TPSA) is 51.8 Å². The summed E-state index contributed by atoms with van der Waals surface area (Å²) < 4.78 is 11.5. The van der Waals surface area contributed by atoms with Crippen LogP contribution in [0.15, 0.2) is 180 Å². The van der Waals surface area contributed by atoms with Gasteiger partial charge in [-0.05, 0) is 41.5 Å². The molecule has 0 amide bonds. The Kier molecular flexibility index (Phi) is 7.24. The molecule has 0 saturated heterocycles. The maximum atomic E-state index is 6.58. The van der Waals surface area contributed by atoms with Gasteiger partial charge in [0.2, 0.25) is 0 Å². The minimum Gasteiger partial charge on any atom is -0.455 e. The second-order valence-electron chi connectivity index (χ2n) is 14.3. The molecule has 0 unspecified atom stereocenters. The molecule has 4 nitrogen and oxygen atoms in total. The summed E-state index contributed by atoms with van der Waals surface area (Å²) in [7, 11) is 0. The summed E-state index contributed by atoms with van der Waals surface area (Å²) in [5.41, 5.74) is 9.36. The molecule has 0 N–H and O–H groups in total. The normalized spacial score (nSPS) is 11.9. The van der Waals surface area contributed by atoms with Gasteiger partial charge >= 0.3 is 0 Å². The quantitative estimate of drug-likeness (QED) is 0.175. The van der Waals surface area contributed by atoms with Gasteiger partial charge in [-0.25, -0.2) is 15.0 Å². The van der Waals surface area contributed by atoms with Crippen molar-refractivity contribution in [1.82, 2.24) is 15.0 Å². The number of nitrogens with zero attached hydrogens (tertiary/aromatic N) is 3. The molecule has 0 aliphatic carbocycles. The summed E-state index contributed by atoms with van der Waals surface area (Å²) >= 11 is 3.68. The maximum Gasteiger partial charge on any atom is 0.164 e. The average Bonchev–Trinajstić information content (AvgIpc) is 3.98. The Morgan fingerprint density at radius 3 is 1.72 bits per heavy atom. The van der Waals surface area contributed by atoms with Crippen molar-refractivity contribution < 1.29 is 4.42 Å². The molecule has 0 spiro atoms. The van der Waals surface area contributed by atoms with Gasteiger partial charge in [-0.3, -0.25) is 0 Å². The highest BCUT2D eigenvalue weighted by atomic mass is 32.1. The molecule has 0 radical (unpaired) electrons. The monoisotopic (exact) mass is 763 g/mol. The molecule has 0 bridgehead atoms. The van der Waals surface area contributed by atoms with Crippen LogP contribution >= 0.6 is 22.7 Å². The molecule has 4 heterocycles. The van der Waals surface area contributed by atoms with Crippen LogP contribution in [0, 0.1) is 0 Å². The number of furan rings is 1. The van der Waals surface area contributed by atoms with E-state index in [1.165, 1.54) is 46.1 Å². The molecular formula is C51H29N3OS2. The van der Waals surface area contributed by atoms with E-state index in [4.69, 9.17) is 19.4 Å². The zero-order chi connectivity index (χ0) is 37.5. The zero-order valence-electron chi connectivity index (χ0n) is 30.3. The molecule has 8 aromatic carbocycles. The van der Waals surface area contributed by atoms with Gasteiger partial charge in [0.25, 0.3) is 0 Å². The molecule has 12 aromatic rings. The standard InChI is InChI=1S/C51H29N3OS2/c1-3-14-30(15-4-1)49-52-50(31-16-5-2-6-17-31)54-51(53-49)39-24-13-27-43-46(39)38-23-12-22-36(48(38)57-43)40-28-32(29-44-45(40)37-19-8-10-26-42(37)56-44)33-20-11-21-35-34-18-7-9-25-41(34)55-47(33)35/h1-29H. The van der Waals surface area contributed by atoms with Crippen LogP contribution in [0.25, 0.3) is 119 Å². The van der Waals surface area contributed by atoms with E-state index in [1.54, 1.807) is 0 Å². The first-order valence-electron chi connectivity index (χ1n) is 18.9. The Morgan fingerprint density at radius 1 is 0.351 bits per heavy atom. The maximum absolute atomic E-state index is 6.58. The lowest BCUT2D eigenvalue weighted by atomic mass is 9.93. The number of rotatable bonds is 5. The summed E-state index contributed by atoms with van der Waals surface area (Å²) in [5.74, 6) is 1.96. The third-order valence-electron chi connectivity index (χ3n) is 10.9. The van der Waals surface area contributed by atoms with E-state index in [1.807, 2.05) is 65.1 Å². The van der Waals surface area contributed by atoms with E-state index in [2.05, 4.69) is 133 Å². The number of para-hydroxylation sites is 2. The van der Waals surface area contributed by atoms with E-state index >= 15 is 0 Å². The lowest BCUT2D eigenvalue weighted by Crippen LogP contribution is -2.00. The first kappa shape index (κ1) is 32.3. The number of aromatic nitrogens is 3. The Hall–Kier alpha value is -6.99. The van der Waals surface area contributed by atoms with Crippen molar-refractivity contribution >= 4 is 85.0 Å². The number of hydrogen-bond donors (Lipinski definition) is 0. The Labute approximate surface area is 335 Å². The van der Waals surface area contributed by atoms with Crippen LogP contribution in [0.4, 0.5) is 0 Å². The minimum absolute atomic E-state index is 0.652. The fourth-order valence-electron chi connectivity index (χ4n) is 8.37. The van der Waals surface area contributed by atoms with Crippen molar-refractivity contribution in [1.29, 1.82) is 0 Å². The molecule has 0 atom stereocenters. The highest BCUT2D eigenvalue weighted by molar-refractivity contribution is 7.27. The SMILES string of the molecule is c1ccc(-c2nc(-c3ccccc3)nc(-c3cccc4sc5c(-c6cc(-c7cccc8c7oc7ccccc78)cc7sc8ccccc8c67)cccc5c34)n2)cc1. The predicted molar refractivity (Wildman–Crippen MR) is 240 cm³/mol. The van der Waals surface area contributed by atoms with Crippen LogP contribution in [-0.4, -0.2) is 15.0 Å². The van der Waals surface area contributed by atoms with Gasteiger partial charge < -0.3 is 4.42 Å². The van der Waals surface area contributed by atoms with Crippen LogP contribution in [0.2, 0.25) is 0 Å². The molecule has 57 heavy (non-hydrogen) atoms. The smallest absolute Gasteiger partial charge is 0.164 e. The van der Waals surface area contributed by atoms with E-state index < -0.39 is 0 Å². The number of hydrogen-bond acceptors (Lipinski definition) is 6. The summed E-state index contributed by atoms with van der Waals surface area (Å²) in [6.45, 7) is 0. The molecule has 12 rings (SSSR count). The minimum atomic E-state index is 0.652. The third-order valence-corrected chi connectivity index (χ3v) is 13.3. The van der Waals surface area contributed by atoms with Gasteiger partial charge in [-0.2, -0.15) is 0 Å². The van der Waals surface area contributed by atoms with Gasteiger partial charge in [0.05, 0.1) is 0 Å². The lowest BCUT2D eigenvalue weighted by Gasteiger charge is -2.11. The van der Waals surface area contributed by atoms with E-state index in [-0.39, 0.29) is 0 Å². The zero-order valence-corrected chi connectivity index (χ0v) is 31.9. The van der Waals surface area contributed by atoms with Crippen LogP contribution in [0.5, 0.6) is 0 Å². The molecule has 0 aliphatic rings. The first-order chi connectivity index (χ1) is 28.2. The van der Waals surface area contributed by atoms with Gasteiger partial charge in [-0.1, -0.05) is 146 Å². The summed E-state index contributed by atoms with van der Waals surface area (Å²) in [5, 5.41) is 7.14. The fraction of sp³-hybridized carbons (Fsp3) is 0. The number of thiophene rings is 2. The molecular weight excluding hydrogens is 735 g/mol. The molecule has 0 aliphatic heterocycles. The molecule has 6 heteroatoms. The summed E-state index contributed by atoms with van der Waals surface area (Å²) in [6, 6.07) is 61.9. The summed E-state index contributed by atoms with van der Waals surface area (Å²) in [6.07, 6.45) is 0. The van der Waals surface area contributed by atoms with Crippen molar-refractivity contribution in [3.8, 4) is 56.4 Å². The van der Waals surface area contributed by atoms with Crippen LogP contribution in [-0.2, 0) is 0 Å². The summed E-state index contributed by atoms with van der Waals surface area (Å²) in [4.78, 5) is 15.3. The number of fused-ring (bicyclic) bond motifs is 9. The van der Waals surface area contributed by atoms with Gasteiger partial charge in [0.1, 0.15) is 11.2 Å². The second kappa shape index (κ2) is 12.8.